The first-order chi connectivity index (χ1) is 33.3. The number of fused-ring (bicyclic) bond motifs is 1. The van der Waals surface area contributed by atoms with E-state index < -0.39 is 47.2 Å². The number of carbonyl (C=O) groups excluding carboxylic acids is 6. The van der Waals surface area contributed by atoms with E-state index in [4.69, 9.17) is 20.9 Å². The Morgan fingerprint density at radius 3 is 2.33 bits per heavy atom. The zero-order valence-corrected chi connectivity index (χ0v) is 37.9. The Morgan fingerprint density at radius 1 is 0.826 bits per heavy atom. The molecule has 0 aromatic heterocycles. The predicted octanol–water partition coefficient (Wildman–Crippen LogP) is 3.04. The van der Waals surface area contributed by atoms with E-state index in [1.54, 1.807) is 36.4 Å². The van der Waals surface area contributed by atoms with E-state index in [0.717, 1.165) is 29.5 Å². The maximum absolute atomic E-state index is 13.9. The minimum atomic E-state index is -1.05. The minimum Gasteiger partial charge on any atom is -0.398 e. The van der Waals surface area contributed by atoms with Crippen LogP contribution in [0.25, 0.3) is 0 Å². The summed E-state index contributed by atoms with van der Waals surface area (Å²) in [6, 6.07) is 17.7. The van der Waals surface area contributed by atoms with Crippen LogP contribution in [0.5, 0.6) is 0 Å². The van der Waals surface area contributed by atoms with Gasteiger partial charge in [-0.1, -0.05) is 12.1 Å². The molecule has 362 valence electrons. The van der Waals surface area contributed by atoms with Crippen LogP contribution in [0, 0.1) is 11.6 Å². The molecule has 6 amide bonds. The molecule has 4 heterocycles. The molecule has 0 spiro atoms. The van der Waals surface area contributed by atoms with Gasteiger partial charge in [0.1, 0.15) is 23.5 Å². The van der Waals surface area contributed by atoms with Crippen LogP contribution in [0.2, 0.25) is 0 Å². The van der Waals surface area contributed by atoms with Gasteiger partial charge in [0.15, 0.2) is 0 Å². The van der Waals surface area contributed by atoms with Gasteiger partial charge in [-0.2, -0.15) is 4.99 Å². The van der Waals surface area contributed by atoms with E-state index >= 15 is 0 Å². The molecule has 3 saturated heterocycles. The van der Waals surface area contributed by atoms with Crippen molar-refractivity contribution in [1.82, 2.24) is 20.4 Å². The van der Waals surface area contributed by atoms with Crippen LogP contribution in [0.4, 0.5) is 31.5 Å². The summed E-state index contributed by atoms with van der Waals surface area (Å²) in [5.41, 5.74) is 17.0. The maximum atomic E-state index is 13.9. The van der Waals surface area contributed by atoms with Gasteiger partial charge in [0, 0.05) is 99.3 Å². The number of piperazine rings is 1. The molecule has 1 atom stereocenters. The zero-order valence-electron chi connectivity index (χ0n) is 37.9. The summed E-state index contributed by atoms with van der Waals surface area (Å²) < 4.78 is 39.0. The third kappa shape index (κ3) is 11.7. The Hall–Kier alpha value is -7.29. The van der Waals surface area contributed by atoms with Gasteiger partial charge in [0.25, 0.3) is 17.7 Å². The summed E-state index contributed by atoms with van der Waals surface area (Å²) >= 11 is 0. The minimum absolute atomic E-state index is 0.0336. The molecule has 4 aromatic rings. The zero-order chi connectivity index (χ0) is 48.6. The first-order valence-electron chi connectivity index (χ1n) is 22.9. The van der Waals surface area contributed by atoms with Gasteiger partial charge in [0.2, 0.25) is 17.7 Å². The number of aliphatic imine (C=N–C) groups is 1. The largest absolute Gasteiger partial charge is 0.398 e. The summed E-state index contributed by atoms with van der Waals surface area (Å²) in [5.74, 6) is -4.48. The van der Waals surface area contributed by atoms with Crippen molar-refractivity contribution in [3.63, 3.8) is 0 Å². The molecule has 0 radical (unpaired) electrons. The number of nitrogens with zero attached hydrogens (tertiary/aromatic N) is 4. The number of nitrogens with two attached hydrogens (primary N) is 2. The molecule has 4 aromatic carbocycles. The number of ether oxygens (including phenoxy) is 2. The first-order valence-corrected chi connectivity index (χ1v) is 22.9. The number of anilines is 4. The van der Waals surface area contributed by atoms with Crippen LogP contribution in [0.15, 0.2) is 77.8 Å². The third-order valence-corrected chi connectivity index (χ3v) is 12.5. The molecule has 3 fully saturated rings. The van der Waals surface area contributed by atoms with Gasteiger partial charge in [0.05, 0.1) is 36.4 Å². The highest BCUT2D eigenvalue weighted by Gasteiger charge is 2.45. The Kier molecular flexibility index (Phi) is 15.2. The van der Waals surface area contributed by atoms with E-state index in [2.05, 4.69) is 36.1 Å². The second-order valence-electron chi connectivity index (χ2n) is 17.3. The van der Waals surface area contributed by atoms with E-state index in [1.807, 2.05) is 12.1 Å². The van der Waals surface area contributed by atoms with Crippen molar-refractivity contribution in [2.75, 3.05) is 93.5 Å². The average molecular weight is 949 g/mol. The summed E-state index contributed by atoms with van der Waals surface area (Å²) in [6.45, 7) is 4.99. The Bertz CT molecular complexity index is 2650. The van der Waals surface area contributed by atoms with Crippen LogP contribution in [-0.2, 0) is 30.3 Å². The Morgan fingerprint density at radius 2 is 1.58 bits per heavy atom. The SMILES string of the molecule is NC(=NC(=O)c1ccc(N2CCN(CC(=O)NCCOCCNc3cccc4c3C(=O)N(C3CCC(=O)NC3=O)C4=O)CC2)cc1NC1CCOCC1)c1cc(Cc2cc(F)cc(F)c2)ccc1N. The molecule has 69 heavy (non-hydrogen) atoms. The number of hydrogen-bond donors (Lipinski definition) is 6. The van der Waals surface area contributed by atoms with Crippen molar-refractivity contribution in [2.45, 2.75) is 44.2 Å². The number of amides is 6. The molecule has 0 aliphatic carbocycles. The molecule has 0 saturated carbocycles. The standard InChI is InChI=1S/C49H54F2N10O8/c50-31-23-30(24-32(51)26-31)22-29-4-7-38(52)37(25-29)45(53)58-46(64)35-6-5-34(27-40(35)56-33-10-18-68-19-11-33)60-16-14-59(15-17-60)28-43(63)55-13-21-69-20-12-54-39-3-1-2-36-44(39)49(67)61(48(36)66)41-8-9-42(62)57-47(41)65/h1-7,23-27,33,41,54,56H,8-22,28,52H2,(H,55,63)(H2,53,58,64)(H,57,62,65). The van der Waals surface area contributed by atoms with Crippen molar-refractivity contribution in [1.29, 1.82) is 0 Å². The second kappa shape index (κ2) is 21.8. The fraction of sp³-hybridized carbons (Fsp3) is 0.367. The van der Waals surface area contributed by atoms with Crippen molar-refractivity contribution < 1.29 is 47.0 Å². The third-order valence-electron chi connectivity index (χ3n) is 12.5. The van der Waals surface area contributed by atoms with Gasteiger partial charge in [-0.05, 0) is 91.4 Å². The molecule has 18 nitrogen and oxygen atoms in total. The normalized spacial score (nSPS) is 18.0. The number of nitrogens with one attached hydrogen (secondary N) is 4. The van der Waals surface area contributed by atoms with Crippen LogP contribution in [0.3, 0.4) is 0 Å². The van der Waals surface area contributed by atoms with Crippen molar-refractivity contribution in [2.24, 2.45) is 10.7 Å². The van der Waals surface area contributed by atoms with Gasteiger partial charge in [-0.15, -0.1) is 0 Å². The number of nitrogen functional groups attached to an aromatic ring is 1. The van der Waals surface area contributed by atoms with Crippen LogP contribution >= 0.6 is 0 Å². The van der Waals surface area contributed by atoms with Crippen molar-refractivity contribution >= 4 is 64.0 Å². The number of rotatable bonds is 17. The molecule has 4 aliphatic heterocycles. The van der Waals surface area contributed by atoms with Gasteiger partial charge in [-0.25, -0.2) is 8.78 Å². The van der Waals surface area contributed by atoms with Gasteiger partial charge >= 0.3 is 0 Å². The highest BCUT2D eigenvalue weighted by molar-refractivity contribution is 6.25. The van der Waals surface area contributed by atoms with Gasteiger partial charge < -0.3 is 41.8 Å². The molecular formula is C49H54F2N10O8. The fourth-order valence-electron chi connectivity index (χ4n) is 8.92. The monoisotopic (exact) mass is 948 g/mol. The molecule has 1 unspecified atom stereocenters. The van der Waals surface area contributed by atoms with Crippen LogP contribution in [0.1, 0.15) is 73.4 Å². The Balaban J connectivity index is 0.800. The summed E-state index contributed by atoms with van der Waals surface area (Å²) in [6.07, 6.45) is 1.82. The number of piperidine rings is 1. The van der Waals surface area contributed by atoms with E-state index in [9.17, 15) is 37.5 Å². The van der Waals surface area contributed by atoms with Gasteiger partial charge in [-0.3, -0.25) is 43.9 Å². The molecule has 8 rings (SSSR count). The number of imide groups is 2. The molecule has 8 N–H and O–H groups in total. The maximum Gasteiger partial charge on any atom is 0.281 e. The number of carbonyl (C=O) groups is 6. The lowest BCUT2D eigenvalue weighted by molar-refractivity contribution is -0.136. The summed E-state index contributed by atoms with van der Waals surface area (Å²) in [5, 5.41) is 11.8. The number of benzene rings is 4. The highest BCUT2D eigenvalue weighted by Crippen LogP contribution is 2.33. The molecule has 0 bridgehead atoms. The molecular weight excluding hydrogens is 895 g/mol. The molecule has 20 heteroatoms. The predicted molar refractivity (Wildman–Crippen MR) is 253 cm³/mol. The topological polar surface area (TPSA) is 243 Å². The number of hydrogen-bond acceptors (Lipinski definition) is 13. The lowest BCUT2D eigenvalue weighted by atomic mass is 10.0. The number of halogens is 2. The van der Waals surface area contributed by atoms with E-state index in [0.29, 0.717) is 85.3 Å². The number of amidine groups is 1. The second-order valence-corrected chi connectivity index (χ2v) is 17.3. The highest BCUT2D eigenvalue weighted by atomic mass is 19.1. The lowest BCUT2D eigenvalue weighted by Gasteiger charge is -2.36. The molecule has 4 aliphatic rings. The summed E-state index contributed by atoms with van der Waals surface area (Å²) in [4.78, 5) is 86.6. The Labute approximate surface area is 396 Å². The quantitative estimate of drug-likeness (QED) is 0.0293. The van der Waals surface area contributed by atoms with Crippen molar-refractivity contribution in [3.05, 3.63) is 118 Å². The first kappa shape index (κ1) is 48.2. The lowest BCUT2D eigenvalue weighted by Crippen LogP contribution is -2.54. The van der Waals surface area contributed by atoms with Crippen LogP contribution < -0.4 is 37.6 Å². The fourth-order valence-corrected chi connectivity index (χ4v) is 8.92. The smallest absolute Gasteiger partial charge is 0.281 e. The average Bonchev–Trinajstić information content (AvgIpc) is 3.58. The van der Waals surface area contributed by atoms with Crippen molar-refractivity contribution in [3.8, 4) is 0 Å². The van der Waals surface area contributed by atoms with E-state index in [-0.39, 0.29) is 74.5 Å². The van der Waals surface area contributed by atoms with Crippen LogP contribution in [-0.4, -0.2) is 135 Å². The summed E-state index contributed by atoms with van der Waals surface area (Å²) in [7, 11) is 0. The van der Waals surface area contributed by atoms with E-state index in [1.165, 1.54) is 18.2 Å².